The first kappa shape index (κ1) is 11.4. The summed E-state index contributed by atoms with van der Waals surface area (Å²) in [5.41, 5.74) is 0.604. The van der Waals surface area contributed by atoms with Crippen LogP contribution < -0.4 is 0 Å². The lowest BCUT2D eigenvalue weighted by Gasteiger charge is -1.97. The maximum atomic E-state index is 10.5. The van der Waals surface area contributed by atoms with Gasteiger partial charge in [0.15, 0.2) is 0 Å². The summed E-state index contributed by atoms with van der Waals surface area (Å²) in [6.45, 7) is 0. The van der Waals surface area contributed by atoms with Crippen LogP contribution in [0.2, 0.25) is 0 Å². The molecule has 0 saturated carbocycles. The first-order chi connectivity index (χ1) is 6.59. The summed E-state index contributed by atoms with van der Waals surface area (Å²) in [5.74, 6) is -0.979. The summed E-state index contributed by atoms with van der Waals surface area (Å²) in [7, 11) is 0. The number of allylic oxidation sites excluding steroid dienone is 2. The van der Waals surface area contributed by atoms with Gasteiger partial charge in [-0.1, -0.05) is 6.07 Å². The Morgan fingerprint density at radius 2 is 2.14 bits per heavy atom. The molecule has 74 valence electrons. The Balaban J connectivity index is 3.07. The van der Waals surface area contributed by atoms with E-state index in [1.54, 1.807) is 6.08 Å². The summed E-state index contributed by atoms with van der Waals surface area (Å²) >= 11 is 9.45. The third-order valence-corrected chi connectivity index (χ3v) is 2.55. The van der Waals surface area contributed by atoms with E-state index in [-0.39, 0.29) is 0 Å². The third kappa shape index (κ3) is 3.61. The number of hydrogen-bond acceptors (Lipinski definition) is 4. The summed E-state index contributed by atoms with van der Waals surface area (Å²) in [6, 6.07) is 3.71. The maximum absolute atomic E-state index is 10.5. The fourth-order valence-electron chi connectivity index (χ4n) is 0.899. The Hall–Kier alpha value is -0.650. The van der Waals surface area contributed by atoms with E-state index in [0.717, 1.165) is 11.0 Å². The molecule has 0 bridgehead atoms. The molecule has 0 aliphatic heterocycles. The van der Waals surface area contributed by atoms with Gasteiger partial charge in [-0.3, -0.25) is 0 Å². The van der Waals surface area contributed by atoms with Crippen LogP contribution in [0.4, 0.5) is 0 Å². The molecule has 2 nitrogen and oxygen atoms in total. The second kappa shape index (κ2) is 5.29. The molecule has 1 aromatic heterocycles. The molecular formula is C9H8O2S3. The van der Waals surface area contributed by atoms with Crippen LogP contribution in [-0.4, -0.2) is 11.1 Å². The molecule has 0 fully saturated rings. The first-order valence-corrected chi connectivity index (χ1v) is 5.45. The quantitative estimate of drug-likeness (QED) is 0.434. The van der Waals surface area contributed by atoms with Crippen molar-refractivity contribution in [3.63, 3.8) is 0 Å². The monoisotopic (exact) mass is 244 g/mol. The zero-order chi connectivity index (χ0) is 10.6. The number of thiophene rings is 1. The normalized spacial score (nSPS) is 11.1. The van der Waals surface area contributed by atoms with Gasteiger partial charge in [0.2, 0.25) is 0 Å². The van der Waals surface area contributed by atoms with Crippen molar-refractivity contribution >= 4 is 48.1 Å². The predicted octanol–water partition coefficient (Wildman–Crippen LogP) is 2.92. The van der Waals surface area contributed by atoms with Gasteiger partial charge in [0.05, 0.1) is 0 Å². The van der Waals surface area contributed by atoms with Gasteiger partial charge in [-0.2, -0.15) is 0 Å². The molecule has 0 amide bonds. The van der Waals surface area contributed by atoms with E-state index in [9.17, 15) is 4.79 Å². The second-order valence-electron chi connectivity index (χ2n) is 2.42. The minimum Gasteiger partial charge on any atom is -0.478 e. The van der Waals surface area contributed by atoms with Gasteiger partial charge in [-0.15, -0.1) is 36.6 Å². The van der Waals surface area contributed by atoms with Gasteiger partial charge >= 0.3 is 5.97 Å². The molecule has 1 aromatic rings. The lowest BCUT2D eigenvalue weighted by Crippen LogP contribution is -1.89. The number of hydrogen-bond donors (Lipinski definition) is 3. The van der Waals surface area contributed by atoms with Crippen LogP contribution >= 0.6 is 36.6 Å². The van der Waals surface area contributed by atoms with E-state index in [1.165, 1.54) is 11.3 Å². The molecule has 0 aliphatic carbocycles. The highest BCUT2D eigenvalue weighted by atomic mass is 32.2. The fraction of sp³-hybridized carbons (Fsp3) is 0. The highest BCUT2D eigenvalue weighted by Gasteiger charge is 2.02. The number of carbonyl (C=O) groups is 1. The van der Waals surface area contributed by atoms with Crippen LogP contribution in [-0.2, 0) is 4.79 Å². The molecule has 0 unspecified atom stereocenters. The van der Waals surface area contributed by atoms with Crippen molar-refractivity contribution in [1.29, 1.82) is 0 Å². The van der Waals surface area contributed by atoms with E-state index in [1.807, 2.05) is 17.5 Å². The van der Waals surface area contributed by atoms with Crippen molar-refractivity contribution in [3.8, 4) is 0 Å². The van der Waals surface area contributed by atoms with E-state index in [4.69, 9.17) is 5.11 Å². The van der Waals surface area contributed by atoms with Crippen molar-refractivity contribution in [2.75, 3.05) is 0 Å². The lowest BCUT2D eigenvalue weighted by atomic mass is 10.2. The molecule has 0 saturated heterocycles. The Bertz CT molecular complexity index is 373. The van der Waals surface area contributed by atoms with Crippen molar-refractivity contribution in [3.05, 3.63) is 38.8 Å². The van der Waals surface area contributed by atoms with Crippen molar-refractivity contribution in [1.82, 2.24) is 0 Å². The smallest absolute Gasteiger partial charge is 0.328 e. The van der Waals surface area contributed by atoms with Crippen LogP contribution in [0.25, 0.3) is 5.57 Å². The molecule has 1 heterocycles. The average molecular weight is 244 g/mol. The van der Waals surface area contributed by atoms with Crippen LogP contribution in [0.5, 0.6) is 0 Å². The molecule has 5 heteroatoms. The summed E-state index contributed by atoms with van der Waals surface area (Å²) in [5, 5.41) is 10.5. The number of rotatable bonds is 3. The Morgan fingerprint density at radius 1 is 1.43 bits per heavy atom. The minimum atomic E-state index is -0.979. The zero-order valence-electron chi connectivity index (χ0n) is 7.04. The molecule has 0 atom stereocenters. The number of carboxylic acids is 1. The van der Waals surface area contributed by atoms with Crippen molar-refractivity contribution < 1.29 is 9.90 Å². The molecule has 1 N–H and O–H groups in total. The summed E-state index contributed by atoms with van der Waals surface area (Å²) in [6.07, 6.45) is 2.74. The first-order valence-electron chi connectivity index (χ1n) is 3.67. The highest BCUT2D eigenvalue weighted by molar-refractivity contribution is 8.05. The topological polar surface area (TPSA) is 37.3 Å². The average Bonchev–Trinajstić information content (AvgIpc) is 2.52. The summed E-state index contributed by atoms with van der Waals surface area (Å²) < 4.78 is 0.478. The van der Waals surface area contributed by atoms with Crippen LogP contribution in [0.1, 0.15) is 4.88 Å². The van der Waals surface area contributed by atoms with Crippen LogP contribution in [0.3, 0.4) is 0 Å². The molecule has 0 aliphatic rings. The minimum absolute atomic E-state index is 0.478. The molecule has 0 radical (unpaired) electrons. The number of thiol groups is 2. The number of aliphatic carboxylic acids is 1. The van der Waals surface area contributed by atoms with E-state index < -0.39 is 5.97 Å². The fourth-order valence-corrected chi connectivity index (χ4v) is 1.89. The lowest BCUT2D eigenvalue weighted by molar-refractivity contribution is -0.131. The van der Waals surface area contributed by atoms with Gasteiger partial charge in [-0.25, -0.2) is 4.79 Å². The van der Waals surface area contributed by atoms with E-state index in [0.29, 0.717) is 9.81 Å². The van der Waals surface area contributed by atoms with E-state index in [2.05, 4.69) is 25.3 Å². The van der Waals surface area contributed by atoms with Gasteiger partial charge < -0.3 is 5.11 Å². The third-order valence-electron chi connectivity index (χ3n) is 1.37. The van der Waals surface area contributed by atoms with Gasteiger partial charge in [0, 0.05) is 20.8 Å². The number of carboxylic acid groups (broad SMARTS) is 1. The predicted molar refractivity (Wildman–Crippen MR) is 66.0 cm³/mol. The maximum Gasteiger partial charge on any atom is 0.328 e. The second-order valence-corrected chi connectivity index (χ2v) is 4.68. The highest BCUT2D eigenvalue weighted by Crippen LogP contribution is 2.24. The van der Waals surface area contributed by atoms with Gasteiger partial charge in [0.25, 0.3) is 0 Å². The van der Waals surface area contributed by atoms with Crippen molar-refractivity contribution in [2.45, 2.75) is 0 Å². The molecule has 0 spiro atoms. The molecule has 1 rings (SSSR count). The zero-order valence-corrected chi connectivity index (χ0v) is 9.65. The molecular weight excluding hydrogens is 236 g/mol. The van der Waals surface area contributed by atoms with E-state index >= 15 is 0 Å². The largest absolute Gasteiger partial charge is 0.478 e. The SMILES string of the molecule is O=C(O)/C=C(/C=C(S)S)c1cccs1. The van der Waals surface area contributed by atoms with Gasteiger partial charge in [-0.05, 0) is 17.5 Å². The molecule has 14 heavy (non-hydrogen) atoms. The Labute approximate surface area is 96.8 Å². The molecule has 0 aromatic carbocycles. The van der Waals surface area contributed by atoms with Crippen molar-refractivity contribution in [2.24, 2.45) is 0 Å². The van der Waals surface area contributed by atoms with Crippen LogP contribution in [0, 0.1) is 0 Å². The Morgan fingerprint density at radius 3 is 2.57 bits per heavy atom. The summed E-state index contributed by atoms with van der Waals surface area (Å²) in [4.78, 5) is 11.4. The van der Waals surface area contributed by atoms with Crippen LogP contribution in [0.15, 0.2) is 33.9 Å². The standard InChI is InChI=1S/C9H8O2S3/c10-8(11)4-6(5-9(12)13)7-2-1-3-14-7/h1-5,12-13H,(H,10,11)/b6-4-. The Kier molecular flexibility index (Phi) is 4.31. The van der Waals surface area contributed by atoms with Gasteiger partial charge in [0.1, 0.15) is 0 Å².